The zero-order valence-electron chi connectivity index (χ0n) is 17.3. The summed E-state index contributed by atoms with van der Waals surface area (Å²) >= 11 is 0. The Kier molecular flexibility index (Phi) is 6.26. The number of alkyl halides is 3. The van der Waals surface area contributed by atoms with Crippen LogP contribution in [-0.2, 0) is 28.4 Å². The highest BCUT2D eigenvalue weighted by atomic mass is 32.2. The Balaban J connectivity index is 1.90. The minimum atomic E-state index is -4.65. The summed E-state index contributed by atoms with van der Waals surface area (Å²) in [6, 6.07) is 13.1. The number of fused-ring (bicyclic) bond motifs is 1. The molecule has 0 radical (unpaired) electrons. The lowest BCUT2D eigenvalue weighted by Gasteiger charge is -2.13. The van der Waals surface area contributed by atoms with Gasteiger partial charge < -0.3 is 5.11 Å². The number of rotatable bonds is 6. The van der Waals surface area contributed by atoms with Gasteiger partial charge in [0.15, 0.2) is 11.0 Å². The molecule has 34 heavy (non-hydrogen) atoms. The highest BCUT2D eigenvalue weighted by molar-refractivity contribution is 7.83. The van der Waals surface area contributed by atoms with E-state index in [1.165, 1.54) is 22.2 Å². The molecule has 1 unspecified atom stereocenters. The molecule has 3 aromatic carbocycles. The maximum Gasteiger partial charge on any atom is 0.416 e. The van der Waals surface area contributed by atoms with Gasteiger partial charge in [-0.1, -0.05) is 18.2 Å². The Hall–Kier alpha value is -3.53. The Morgan fingerprint density at radius 3 is 2.44 bits per heavy atom. The number of aryl methyl sites for hydroxylation is 1. The van der Waals surface area contributed by atoms with Crippen LogP contribution in [0.3, 0.4) is 0 Å². The van der Waals surface area contributed by atoms with Crippen LogP contribution in [-0.4, -0.2) is 19.3 Å². The summed E-state index contributed by atoms with van der Waals surface area (Å²) in [4.78, 5) is 11.0. The van der Waals surface area contributed by atoms with E-state index in [1.54, 1.807) is 12.1 Å². The van der Waals surface area contributed by atoms with E-state index in [0.29, 0.717) is 11.1 Å². The van der Waals surface area contributed by atoms with Crippen LogP contribution in [0, 0.1) is 11.6 Å². The molecule has 4 rings (SSSR count). The summed E-state index contributed by atoms with van der Waals surface area (Å²) < 4.78 is 82.3. The molecule has 1 aromatic heterocycles. The van der Waals surface area contributed by atoms with Crippen molar-refractivity contribution >= 4 is 27.9 Å². The number of hydrogen-bond donors (Lipinski definition) is 1. The summed E-state index contributed by atoms with van der Waals surface area (Å²) in [6.45, 7) is 0. The molecule has 4 nitrogen and oxygen atoms in total. The van der Waals surface area contributed by atoms with Crippen LogP contribution >= 0.6 is 0 Å². The number of hydrogen-bond acceptors (Lipinski definition) is 2. The second kappa shape index (κ2) is 9.02. The summed E-state index contributed by atoms with van der Waals surface area (Å²) in [6.07, 6.45) is -4.99. The minimum Gasteiger partial charge on any atom is -0.481 e. The smallest absolute Gasteiger partial charge is 0.416 e. The lowest BCUT2D eigenvalue weighted by atomic mass is 10.0. The fourth-order valence-corrected chi connectivity index (χ4v) is 4.94. The van der Waals surface area contributed by atoms with Crippen LogP contribution < -0.4 is 0 Å². The van der Waals surface area contributed by atoms with E-state index in [4.69, 9.17) is 5.11 Å². The maximum absolute atomic E-state index is 14.3. The highest BCUT2D eigenvalue weighted by Gasteiger charge is 2.31. The highest BCUT2D eigenvalue weighted by Crippen LogP contribution is 2.33. The van der Waals surface area contributed by atoms with E-state index in [2.05, 4.69) is 0 Å². The molecule has 0 aliphatic rings. The third kappa shape index (κ3) is 4.72. The first-order valence-electron chi connectivity index (χ1n) is 9.96. The second-order valence-electron chi connectivity index (χ2n) is 7.50. The summed E-state index contributed by atoms with van der Waals surface area (Å²) in [5.41, 5.74) is -0.187. The number of benzene rings is 3. The van der Waals surface area contributed by atoms with E-state index >= 15 is 0 Å². The Bertz CT molecular complexity index is 1430. The molecule has 0 aliphatic heterocycles. The van der Waals surface area contributed by atoms with Gasteiger partial charge in [0.25, 0.3) is 0 Å². The van der Waals surface area contributed by atoms with Gasteiger partial charge in [-0.15, -0.1) is 0 Å². The lowest BCUT2D eigenvalue weighted by Crippen LogP contribution is -2.12. The number of halogens is 5. The van der Waals surface area contributed by atoms with Gasteiger partial charge in [0.1, 0.15) is 11.6 Å². The fourth-order valence-electron chi connectivity index (χ4n) is 3.61. The number of carbonyl (C=O) groups is 1. The van der Waals surface area contributed by atoms with Crippen molar-refractivity contribution in [2.24, 2.45) is 0 Å². The second-order valence-corrected chi connectivity index (χ2v) is 8.83. The first-order valence-corrected chi connectivity index (χ1v) is 11.1. The largest absolute Gasteiger partial charge is 0.481 e. The van der Waals surface area contributed by atoms with Crippen LogP contribution in [0.25, 0.3) is 22.0 Å². The van der Waals surface area contributed by atoms with Gasteiger partial charge in [0, 0.05) is 16.6 Å². The van der Waals surface area contributed by atoms with E-state index in [1.807, 2.05) is 0 Å². The standard InChI is InChI=1S/C24H16F5NO3S/c25-17-6-8-21(26)20(13-17)14-4-5-15-10-18(7-9-23(31)32)30(22(15)11-14)34(33)19-3-1-2-16(12-19)24(27,28)29/h1-6,8,10-13H,7,9H2,(H,31,32). The van der Waals surface area contributed by atoms with Crippen molar-refractivity contribution in [2.45, 2.75) is 23.9 Å². The molecule has 1 N–H and O–H groups in total. The Morgan fingerprint density at radius 2 is 1.74 bits per heavy atom. The lowest BCUT2D eigenvalue weighted by molar-refractivity contribution is -0.138. The molecule has 1 atom stereocenters. The third-order valence-electron chi connectivity index (χ3n) is 5.20. The molecule has 0 aliphatic carbocycles. The summed E-state index contributed by atoms with van der Waals surface area (Å²) in [5.74, 6) is -2.46. The summed E-state index contributed by atoms with van der Waals surface area (Å²) in [5, 5.41) is 9.60. The van der Waals surface area contributed by atoms with Crippen molar-refractivity contribution < 1.29 is 36.1 Å². The molecule has 0 saturated carbocycles. The van der Waals surface area contributed by atoms with Gasteiger partial charge in [-0.25, -0.2) is 13.0 Å². The molecule has 0 spiro atoms. The number of aliphatic carboxylic acids is 1. The molecule has 0 saturated heterocycles. The van der Waals surface area contributed by atoms with Crippen molar-refractivity contribution in [3.05, 3.63) is 89.6 Å². The molecule has 0 fully saturated rings. The number of nitrogens with zero attached hydrogens (tertiary/aromatic N) is 1. The van der Waals surface area contributed by atoms with Gasteiger partial charge in [-0.05, 0) is 60.5 Å². The third-order valence-corrected chi connectivity index (χ3v) is 6.62. The van der Waals surface area contributed by atoms with Crippen LogP contribution in [0.5, 0.6) is 0 Å². The molecule has 1 heterocycles. The number of aromatic nitrogens is 1. The molecular formula is C24H16F5NO3S. The summed E-state index contributed by atoms with van der Waals surface area (Å²) in [7, 11) is -2.18. The van der Waals surface area contributed by atoms with Crippen molar-refractivity contribution in [1.82, 2.24) is 3.97 Å². The van der Waals surface area contributed by atoms with E-state index in [9.17, 15) is 31.0 Å². The molecule has 10 heteroatoms. The van der Waals surface area contributed by atoms with Crippen molar-refractivity contribution in [2.75, 3.05) is 0 Å². The maximum atomic E-state index is 14.3. The van der Waals surface area contributed by atoms with Gasteiger partial charge in [0.05, 0.1) is 22.4 Å². The van der Waals surface area contributed by atoms with Gasteiger partial charge >= 0.3 is 12.1 Å². The van der Waals surface area contributed by atoms with Gasteiger partial charge in [-0.2, -0.15) is 13.2 Å². The van der Waals surface area contributed by atoms with Crippen LogP contribution in [0.1, 0.15) is 17.7 Å². The molecule has 0 amide bonds. The number of carboxylic acids is 1. The zero-order valence-corrected chi connectivity index (χ0v) is 18.1. The van der Waals surface area contributed by atoms with Crippen molar-refractivity contribution in [3.8, 4) is 11.1 Å². The predicted octanol–water partition coefficient (Wildman–Crippen LogP) is 6.19. The van der Waals surface area contributed by atoms with Gasteiger partial charge in [-0.3, -0.25) is 8.77 Å². The first-order chi connectivity index (χ1) is 16.0. The van der Waals surface area contributed by atoms with E-state index < -0.39 is 40.3 Å². The van der Waals surface area contributed by atoms with Crippen molar-refractivity contribution in [3.63, 3.8) is 0 Å². The molecule has 176 valence electrons. The molecule has 4 aromatic rings. The van der Waals surface area contributed by atoms with Gasteiger partial charge in [0.2, 0.25) is 0 Å². The first kappa shape index (κ1) is 23.6. The predicted molar refractivity (Wildman–Crippen MR) is 116 cm³/mol. The average Bonchev–Trinajstić information content (AvgIpc) is 3.16. The molecule has 0 bridgehead atoms. The topological polar surface area (TPSA) is 59.3 Å². The van der Waals surface area contributed by atoms with Crippen LogP contribution in [0.4, 0.5) is 22.0 Å². The SMILES string of the molecule is O=C(O)CCc1cc2ccc(-c3cc(F)ccc3F)cc2n1S(=O)c1cccc(C(F)(F)F)c1. The monoisotopic (exact) mass is 493 g/mol. The molecular weight excluding hydrogens is 477 g/mol. The normalized spacial score (nSPS) is 12.7. The van der Waals surface area contributed by atoms with E-state index in [-0.39, 0.29) is 34.4 Å². The Morgan fingerprint density at radius 1 is 0.971 bits per heavy atom. The quantitative estimate of drug-likeness (QED) is 0.326. The fraction of sp³-hybridized carbons (Fsp3) is 0.125. The minimum absolute atomic E-state index is 0.0433. The van der Waals surface area contributed by atoms with E-state index in [0.717, 1.165) is 36.4 Å². The number of carboxylic acid groups (broad SMARTS) is 1. The van der Waals surface area contributed by atoms with Crippen LogP contribution in [0.2, 0.25) is 0 Å². The van der Waals surface area contributed by atoms with Crippen LogP contribution in [0.15, 0.2) is 71.6 Å². The zero-order chi connectivity index (χ0) is 24.6. The Labute approximate surface area is 192 Å². The van der Waals surface area contributed by atoms with Crippen molar-refractivity contribution in [1.29, 1.82) is 0 Å². The average molecular weight is 493 g/mol.